The molecule has 2 aromatic rings. The van der Waals surface area contributed by atoms with Crippen molar-refractivity contribution in [2.24, 2.45) is 7.05 Å². The fraction of sp³-hybridized carbons (Fsp3) is 0.333. The van der Waals surface area contributed by atoms with Crippen molar-refractivity contribution in [3.8, 4) is 5.75 Å². The van der Waals surface area contributed by atoms with Crippen LogP contribution in [0.3, 0.4) is 0 Å². The lowest BCUT2D eigenvalue weighted by Crippen LogP contribution is -2.23. The van der Waals surface area contributed by atoms with Crippen molar-refractivity contribution < 1.29 is 14.5 Å². The Labute approximate surface area is 135 Å². The highest BCUT2D eigenvalue weighted by molar-refractivity contribution is 8.00. The summed E-state index contributed by atoms with van der Waals surface area (Å²) in [6.45, 7) is 1.68. The monoisotopic (exact) mass is 338 g/mol. The molecular formula is C12H14N6O4S. The third kappa shape index (κ3) is 3.94. The first-order chi connectivity index (χ1) is 10.9. The van der Waals surface area contributed by atoms with Crippen molar-refractivity contribution >= 4 is 29.0 Å². The molecule has 2 rings (SSSR count). The van der Waals surface area contributed by atoms with Gasteiger partial charge in [-0.3, -0.25) is 14.9 Å². The number of nitro benzene ring substituents is 1. The number of tetrazole rings is 1. The summed E-state index contributed by atoms with van der Waals surface area (Å²) < 4.78 is 6.55. The number of anilines is 1. The molecule has 1 aromatic carbocycles. The van der Waals surface area contributed by atoms with Gasteiger partial charge in [-0.15, -0.1) is 5.10 Å². The van der Waals surface area contributed by atoms with Gasteiger partial charge in [0.25, 0.3) is 5.69 Å². The molecule has 1 heterocycles. The first-order valence-electron chi connectivity index (χ1n) is 6.44. The maximum Gasteiger partial charge on any atom is 0.271 e. The first-order valence-corrected chi connectivity index (χ1v) is 7.32. The topological polar surface area (TPSA) is 125 Å². The summed E-state index contributed by atoms with van der Waals surface area (Å²) in [5.74, 6) is -0.0155. The van der Waals surface area contributed by atoms with Gasteiger partial charge in [0.1, 0.15) is 5.75 Å². The summed E-state index contributed by atoms with van der Waals surface area (Å²) in [5, 5.41) is 24.4. The van der Waals surface area contributed by atoms with Crippen LogP contribution in [0.5, 0.6) is 5.75 Å². The van der Waals surface area contributed by atoms with E-state index >= 15 is 0 Å². The Hall–Kier alpha value is -2.69. The maximum atomic E-state index is 12.3. The van der Waals surface area contributed by atoms with Crippen LogP contribution in [-0.4, -0.2) is 43.4 Å². The molecule has 1 N–H and O–H groups in total. The number of nitrogens with zero attached hydrogens (tertiary/aromatic N) is 5. The van der Waals surface area contributed by atoms with E-state index in [4.69, 9.17) is 4.74 Å². The SMILES string of the molecule is COc1ccc([N+](=O)[O-])cc1NC(=O)C(C)Sc1nnnn1C. The Kier molecular flexibility index (Phi) is 5.11. The number of amides is 1. The van der Waals surface area contributed by atoms with E-state index in [0.717, 1.165) is 0 Å². The van der Waals surface area contributed by atoms with Crippen LogP contribution in [0.1, 0.15) is 6.92 Å². The van der Waals surface area contributed by atoms with Crippen LogP contribution in [-0.2, 0) is 11.8 Å². The van der Waals surface area contributed by atoms with E-state index in [1.165, 1.54) is 41.8 Å². The molecule has 11 heteroatoms. The number of hydrogen-bond acceptors (Lipinski definition) is 8. The summed E-state index contributed by atoms with van der Waals surface area (Å²) in [7, 11) is 3.08. The van der Waals surface area contributed by atoms with E-state index in [1.807, 2.05) is 0 Å². The van der Waals surface area contributed by atoms with Gasteiger partial charge >= 0.3 is 0 Å². The molecule has 1 aromatic heterocycles. The number of rotatable bonds is 6. The average Bonchev–Trinajstić information content (AvgIpc) is 2.92. The van der Waals surface area contributed by atoms with Gasteiger partial charge in [0, 0.05) is 19.2 Å². The van der Waals surface area contributed by atoms with Crippen LogP contribution in [0.4, 0.5) is 11.4 Å². The minimum absolute atomic E-state index is 0.140. The van der Waals surface area contributed by atoms with Crippen molar-refractivity contribution in [1.82, 2.24) is 20.2 Å². The van der Waals surface area contributed by atoms with E-state index in [9.17, 15) is 14.9 Å². The normalized spacial score (nSPS) is 11.8. The van der Waals surface area contributed by atoms with E-state index in [1.54, 1.807) is 14.0 Å². The largest absolute Gasteiger partial charge is 0.495 e. The maximum absolute atomic E-state index is 12.3. The number of aryl methyl sites for hydroxylation is 1. The van der Waals surface area contributed by atoms with Crippen LogP contribution in [0.25, 0.3) is 0 Å². The van der Waals surface area contributed by atoms with Gasteiger partial charge in [-0.2, -0.15) is 0 Å². The quantitative estimate of drug-likeness (QED) is 0.474. The Balaban J connectivity index is 2.14. The molecule has 0 aliphatic rings. The first kappa shape index (κ1) is 16.7. The molecule has 23 heavy (non-hydrogen) atoms. The minimum Gasteiger partial charge on any atom is -0.495 e. The van der Waals surface area contributed by atoms with Crippen LogP contribution in [0.2, 0.25) is 0 Å². The van der Waals surface area contributed by atoms with Crippen LogP contribution < -0.4 is 10.1 Å². The molecule has 0 aliphatic heterocycles. The van der Waals surface area contributed by atoms with Gasteiger partial charge in [-0.1, -0.05) is 11.8 Å². The number of hydrogen-bond donors (Lipinski definition) is 1. The number of nitrogens with one attached hydrogen (secondary N) is 1. The minimum atomic E-state index is -0.543. The molecule has 1 amide bonds. The van der Waals surface area contributed by atoms with Crippen molar-refractivity contribution in [1.29, 1.82) is 0 Å². The van der Waals surface area contributed by atoms with Gasteiger partial charge in [0.2, 0.25) is 11.1 Å². The summed E-state index contributed by atoms with van der Waals surface area (Å²) >= 11 is 1.17. The zero-order valence-electron chi connectivity index (χ0n) is 12.6. The smallest absolute Gasteiger partial charge is 0.271 e. The molecule has 0 radical (unpaired) electrons. The number of thioether (sulfide) groups is 1. The predicted octanol–water partition coefficient (Wildman–Crippen LogP) is 1.25. The molecule has 0 saturated carbocycles. The van der Waals surface area contributed by atoms with Crippen LogP contribution >= 0.6 is 11.8 Å². The van der Waals surface area contributed by atoms with Crippen molar-refractivity contribution in [3.63, 3.8) is 0 Å². The lowest BCUT2D eigenvalue weighted by molar-refractivity contribution is -0.384. The molecule has 122 valence electrons. The third-order valence-electron chi connectivity index (χ3n) is 2.88. The van der Waals surface area contributed by atoms with E-state index in [2.05, 4.69) is 20.8 Å². The Morgan fingerprint density at radius 2 is 2.26 bits per heavy atom. The summed E-state index contributed by atoms with van der Waals surface area (Å²) in [6, 6.07) is 3.98. The third-order valence-corrected chi connectivity index (χ3v) is 4.01. The van der Waals surface area contributed by atoms with Gasteiger partial charge in [-0.25, -0.2) is 4.68 Å². The van der Waals surface area contributed by atoms with Gasteiger partial charge in [0.15, 0.2) is 0 Å². The molecule has 0 spiro atoms. The molecular weight excluding hydrogens is 324 g/mol. The van der Waals surface area contributed by atoms with Crippen LogP contribution in [0.15, 0.2) is 23.4 Å². The number of nitro groups is 1. The van der Waals surface area contributed by atoms with Crippen molar-refractivity contribution in [3.05, 3.63) is 28.3 Å². The molecule has 0 aliphatic carbocycles. The summed E-state index contributed by atoms with van der Waals surface area (Å²) in [4.78, 5) is 22.6. The van der Waals surface area contributed by atoms with E-state index in [0.29, 0.717) is 10.9 Å². The Morgan fingerprint density at radius 3 is 2.83 bits per heavy atom. The highest BCUT2D eigenvalue weighted by Gasteiger charge is 2.20. The second-order valence-electron chi connectivity index (χ2n) is 4.48. The predicted molar refractivity (Wildman–Crippen MR) is 82.4 cm³/mol. The average molecular weight is 338 g/mol. The Bertz CT molecular complexity index is 734. The molecule has 0 fully saturated rings. The number of carbonyl (C=O) groups excluding carboxylic acids is 1. The number of aromatic nitrogens is 4. The van der Waals surface area contributed by atoms with Crippen LogP contribution in [0, 0.1) is 10.1 Å². The van der Waals surface area contributed by atoms with Gasteiger partial charge in [0.05, 0.1) is 23.0 Å². The lowest BCUT2D eigenvalue weighted by Gasteiger charge is -2.13. The highest BCUT2D eigenvalue weighted by Crippen LogP contribution is 2.30. The fourth-order valence-corrected chi connectivity index (χ4v) is 2.43. The Morgan fingerprint density at radius 1 is 1.52 bits per heavy atom. The second kappa shape index (κ2) is 7.05. The van der Waals surface area contributed by atoms with Gasteiger partial charge < -0.3 is 10.1 Å². The molecule has 1 atom stereocenters. The zero-order valence-corrected chi connectivity index (χ0v) is 13.4. The molecule has 0 bridgehead atoms. The molecule has 1 unspecified atom stereocenters. The molecule has 0 saturated heterocycles. The van der Waals surface area contributed by atoms with E-state index < -0.39 is 10.2 Å². The summed E-state index contributed by atoms with van der Waals surface area (Å²) in [6.07, 6.45) is 0. The number of non-ortho nitro benzene ring substituents is 1. The summed E-state index contributed by atoms with van der Waals surface area (Å²) in [5.41, 5.74) is 0.0918. The number of ether oxygens (including phenoxy) is 1. The standard InChI is InChI=1S/C12H14N6O4S/c1-7(23-12-14-15-16-17(12)2)11(19)13-9-6-8(18(20)21)4-5-10(9)22-3/h4-7H,1-3H3,(H,13,19). The zero-order chi connectivity index (χ0) is 17.0. The van der Waals surface area contributed by atoms with Crippen molar-refractivity contribution in [2.75, 3.05) is 12.4 Å². The number of benzene rings is 1. The van der Waals surface area contributed by atoms with E-state index in [-0.39, 0.29) is 17.3 Å². The lowest BCUT2D eigenvalue weighted by atomic mass is 10.2. The number of carbonyl (C=O) groups is 1. The highest BCUT2D eigenvalue weighted by atomic mass is 32.2. The van der Waals surface area contributed by atoms with Gasteiger partial charge in [-0.05, 0) is 23.4 Å². The van der Waals surface area contributed by atoms with Crippen molar-refractivity contribution in [2.45, 2.75) is 17.3 Å². The number of methoxy groups -OCH3 is 1. The second-order valence-corrected chi connectivity index (χ2v) is 5.78. The molecule has 10 nitrogen and oxygen atoms in total. The fourth-order valence-electron chi connectivity index (χ4n) is 1.67.